The van der Waals surface area contributed by atoms with Gasteiger partial charge in [-0.2, -0.15) is 0 Å². The number of aromatic nitrogens is 4. The molecule has 0 bridgehead atoms. The van der Waals surface area contributed by atoms with Crippen molar-refractivity contribution >= 4 is 34.1 Å². The van der Waals surface area contributed by atoms with Gasteiger partial charge in [-0.1, -0.05) is 41.9 Å². The summed E-state index contributed by atoms with van der Waals surface area (Å²) in [5, 5.41) is 17.7. The monoisotopic (exact) mass is 621 g/mol. The van der Waals surface area contributed by atoms with E-state index in [0.29, 0.717) is 36.0 Å². The summed E-state index contributed by atoms with van der Waals surface area (Å²) >= 11 is 6.97. The van der Waals surface area contributed by atoms with Gasteiger partial charge in [0.1, 0.15) is 0 Å². The lowest BCUT2D eigenvalue weighted by Gasteiger charge is -2.16. The molecule has 1 fully saturated rings. The highest BCUT2D eigenvalue weighted by Crippen LogP contribution is 2.37. The number of halogens is 1. The highest BCUT2D eigenvalue weighted by atomic mass is 35.5. The molecule has 3 N–H and O–H groups in total. The van der Waals surface area contributed by atoms with E-state index in [9.17, 15) is 9.90 Å². The maximum atomic E-state index is 13.3. The molecule has 0 radical (unpaired) electrons. The van der Waals surface area contributed by atoms with Gasteiger partial charge in [0.25, 0.3) is 5.91 Å². The van der Waals surface area contributed by atoms with Crippen molar-refractivity contribution in [2.24, 2.45) is 7.05 Å². The molecule has 1 amide bonds. The van der Waals surface area contributed by atoms with Gasteiger partial charge in [-0.15, -0.1) is 0 Å². The van der Waals surface area contributed by atoms with Gasteiger partial charge in [0.2, 0.25) is 0 Å². The Bertz CT molecular complexity index is 1920. The van der Waals surface area contributed by atoms with Crippen molar-refractivity contribution in [2.45, 2.75) is 45.4 Å². The van der Waals surface area contributed by atoms with Crippen LogP contribution in [0.25, 0.3) is 22.0 Å². The number of carbonyl (C=O) groups excluding carboxylic acids is 1. The maximum absolute atomic E-state index is 13.3. The van der Waals surface area contributed by atoms with Crippen LogP contribution in [-0.2, 0) is 33.0 Å². The van der Waals surface area contributed by atoms with Crippen molar-refractivity contribution < 1.29 is 9.90 Å². The standard InChI is InChI=1S/C35H36ClN7O2/c1-21-23(16-29-33-24(9-13-38-29)15-22(17-39-33)19-43-14-11-25(44)20-43)5-3-6-26(21)27-7-4-8-28(32(27)36)41-35(45)34-40-30-18-37-12-10-31(30)42(34)2/h3-9,13,15,17,25,37,44H,10-12,14,16,18-20H2,1-2H3,(H,41,45)/t25-/m1/s1. The largest absolute Gasteiger partial charge is 0.392 e. The molecule has 0 spiro atoms. The summed E-state index contributed by atoms with van der Waals surface area (Å²) in [6, 6.07) is 16.1. The fraction of sp³-hybridized carbons (Fsp3) is 0.314. The Morgan fingerprint density at radius 2 is 2.00 bits per heavy atom. The third kappa shape index (κ3) is 5.84. The fourth-order valence-electron chi connectivity index (χ4n) is 6.61. The molecular formula is C35H36ClN7O2. The Balaban J connectivity index is 1.13. The van der Waals surface area contributed by atoms with Crippen molar-refractivity contribution in [3.8, 4) is 11.1 Å². The molecule has 230 valence electrons. The Labute approximate surface area is 267 Å². The van der Waals surface area contributed by atoms with E-state index in [1.165, 1.54) is 0 Å². The smallest absolute Gasteiger partial charge is 0.291 e. The number of β-amino-alcohol motifs (C(OH)–C–C–N with tert-alkyl or cyclic N) is 1. The lowest BCUT2D eigenvalue weighted by molar-refractivity contribution is 0.101. The summed E-state index contributed by atoms with van der Waals surface area (Å²) in [5.74, 6) is 0.0913. The number of hydrogen-bond donors (Lipinski definition) is 3. The first kappa shape index (κ1) is 29.6. The molecule has 7 rings (SSSR count). The molecule has 10 heteroatoms. The number of aliphatic hydroxyl groups excluding tert-OH is 1. The average Bonchev–Trinajstić information content (AvgIpc) is 3.61. The summed E-state index contributed by atoms with van der Waals surface area (Å²) in [7, 11) is 1.89. The van der Waals surface area contributed by atoms with Crippen molar-refractivity contribution in [1.29, 1.82) is 0 Å². The number of pyridine rings is 2. The van der Waals surface area contributed by atoms with Crippen LogP contribution in [0.5, 0.6) is 0 Å². The SMILES string of the molecule is Cc1c(Cc2nccc3cc(CN4CC[C@@H](O)C4)cnc23)cccc1-c1cccc(NC(=O)c2nc3c(n2C)CCNC3)c1Cl. The Morgan fingerprint density at radius 3 is 2.82 bits per heavy atom. The van der Waals surface area contributed by atoms with Crippen molar-refractivity contribution in [2.75, 3.05) is 25.0 Å². The van der Waals surface area contributed by atoms with E-state index < -0.39 is 0 Å². The molecule has 2 aromatic carbocycles. The summed E-state index contributed by atoms with van der Waals surface area (Å²) < 4.78 is 1.88. The Kier molecular flexibility index (Phi) is 8.10. The number of nitrogens with zero attached hydrogens (tertiary/aromatic N) is 5. The second-order valence-electron chi connectivity index (χ2n) is 12.1. The second-order valence-corrected chi connectivity index (χ2v) is 12.4. The topological polar surface area (TPSA) is 108 Å². The van der Waals surface area contributed by atoms with Crippen LogP contribution in [0.1, 0.15) is 50.8 Å². The van der Waals surface area contributed by atoms with Gasteiger partial charge in [0.15, 0.2) is 5.82 Å². The minimum Gasteiger partial charge on any atom is -0.392 e. The van der Waals surface area contributed by atoms with Gasteiger partial charge < -0.3 is 20.3 Å². The van der Waals surface area contributed by atoms with Crippen LogP contribution in [0.2, 0.25) is 5.02 Å². The van der Waals surface area contributed by atoms with E-state index >= 15 is 0 Å². The van der Waals surface area contributed by atoms with Crippen LogP contribution in [0.15, 0.2) is 60.9 Å². The van der Waals surface area contributed by atoms with Gasteiger partial charge in [-0.25, -0.2) is 4.98 Å². The summed E-state index contributed by atoms with van der Waals surface area (Å²) in [6.45, 7) is 6.02. The molecular weight excluding hydrogens is 586 g/mol. The van der Waals surface area contributed by atoms with Crippen molar-refractivity contribution in [3.63, 3.8) is 0 Å². The zero-order valence-corrected chi connectivity index (χ0v) is 26.2. The molecule has 1 atom stereocenters. The lowest BCUT2D eigenvalue weighted by atomic mass is 9.93. The first-order chi connectivity index (χ1) is 21.9. The number of imidazole rings is 1. The molecule has 5 aromatic rings. The second kappa shape index (κ2) is 12.3. The molecule has 2 aliphatic rings. The zero-order valence-electron chi connectivity index (χ0n) is 25.5. The molecule has 0 aliphatic carbocycles. The van der Waals surface area contributed by atoms with Crippen LogP contribution in [0.4, 0.5) is 5.69 Å². The summed E-state index contributed by atoms with van der Waals surface area (Å²) in [6.07, 6.45) is 5.82. The van der Waals surface area contributed by atoms with Crippen LogP contribution >= 0.6 is 11.6 Å². The minimum atomic E-state index is -0.285. The van der Waals surface area contributed by atoms with Gasteiger partial charge in [-0.3, -0.25) is 19.7 Å². The van der Waals surface area contributed by atoms with E-state index in [2.05, 4.69) is 45.6 Å². The number of carbonyl (C=O) groups is 1. The number of aliphatic hydroxyl groups is 1. The molecule has 45 heavy (non-hydrogen) atoms. The number of likely N-dealkylation sites (tertiary alicyclic amines) is 1. The predicted octanol–water partition coefficient (Wildman–Crippen LogP) is 5.05. The third-order valence-corrected chi connectivity index (χ3v) is 9.46. The molecule has 5 heterocycles. The van der Waals surface area contributed by atoms with Gasteiger partial charge >= 0.3 is 0 Å². The summed E-state index contributed by atoms with van der Waals surface area (Å²) in [4.78, 5) is 29.7. The van der Waals surface area contributed by atoms with Crippen LogP contribution < -0.4 is 10.6 Å². The fourth-order valence-corrected chi connectivity index (χ4v) is 6.89. The number of rotatable bonds is 7. The van der Waals surface area contributed by atoms with Gasteiger partial charge in [0, 0.05) is 81.7 Å². The zero-order chi connectivity index (χ0) is 31.1. The van der Waals surface area contributed by atoms with E-state index in [-0.39, 0.29) is 12.0 Å². The molecule has 0 saturated carbocycles. The van der Waals surface area contributed by atoms with E-state index in [4.69, 9.17) is 21.6 Å². The predicted molar refractivity (Wildman–Crippen MR) is 176 cm³/mol. The minimum absolute atomic E-state index is 0.237. The molecule has 2 aliphatic heterocycles. The van der Waals surface area contributed by atoms with E-state index in [1.807, 2.05) is 54.3 Å². The maximum Gasteiger partial charge on any atom is 0.291 e. The number of fused-ring (bicyclic) bond motifs is 2. The Morgan fingerprint density at radius 1 is 1.16 bits per heavy atom. The first-order valence-electron chi connectivity index (χ1n) is 15.4. The third-order valence-electron chi connectivity index (χ3n) is 9.06. The molecule has 1 saturated heterocycles. The van der Waals surface area contributed by atoms with Gasteiger partial charge in [0.05, 0.1) is 33.7 Å². The number of hydrogen-bond acceptors (Lipinski definition) is 7. The van der Waals surface area contributed by atoms with Crippen LogP contribution in [0.3, 0.4) is 0 Å². The first-order valence-corrected chi connectivity index (χ1v) is 15.8. The quantitative estimate of drug-likeness (QED) is 0.233. The van der Waals surface area contributed by atoms with E-state index in [0.717, 1.165) is 88.3 Å². The highest BCUT2D eigenvalue weighted by molar-refractivity contribution is 6.36. The van der Waals surface area contributed by atoms with Gasteiger partial charge in [-0.05, 0) is 53.8 Å². The number of benzene rings is 2. The average molecular weight is 622 g/mol. The lowest BCUT2D eigenvalue weighted by Crippen LogP contribution is -2.24. The number of anilines is 1. The highest BCUT2D eigenvalue weighted by Gasteiger charge is 2.23. The molecule has 9 nitrogen and oxygen atoms in total. The number of amides is 1. The van der Waals surface area contributed by atoms with Crippen molar-refractivity contribution in [1.82, 2.24) is 29.7 Å². The summed E-state index contributed by atoms with van der Waals surface area (Å²) in [5.41, 5.74) is 9.55. The van der Waals surface area contributed by atoms with Crippen LogP contribution in [-0.4, -0.2) is 61.2 Å². The van der Waals surface area contributed by atoms with Crippen LogP contribution in [0, 0.1) is 6.92 Å². The van der Waals surface area contributed by atoms with E-state index in [1.54, 1.807) is 0 Å². The Hall–Kier alpha value is -4.15. The molecule has 0 unspecified atom stereocenters. The molecule has 3 aromatic heterocycles. The number of nitrogens with one attached hydrogen (secondary N) is 2. The normalized spacial score (nSPS) is 16.7. The van der Waals surface area contributed by atoms with Crippen molar-refractivity contribution in [3.05, 3.63) is 106 Å².